The van der Waals surface area contributed by atoms with Gasteiger partial charge in [0.25, 0.3) is 0 Å². The molecular formula is C13H28N2. The third-order valence-corrected chi connectivity index (χ3v) is 4.05. The van der Waals surface area contributed by atoms with Crippen molar-refractivity contribution >= 4 is 0 Å². The Bertz CT molecular complexity index is 187. The predicted octanol–water partition coefficient (Wildman–Crippen LogP) is 2.62. The second kappa shape index (κ2) is 5.31. The van der Waals surface area contributed by atoms with Crippen molar-refractivity contribution in [2.45, 2.75) is 65.0 Å². The van der Waals surface area contributed by atoms with Crippen molar-refractivity contribution in [3.63, 3.8) is 0 Å². The molecule has 1 atom stereocenters. The number of hydrogen-bond acceptors (Lipinski definition) is 2. The number of rotatable bonds is 6. The van der Waals surface area contributed by atoms with Crippen LogP contribution in [0.15, 0.2) is 0 Å². The van der Waals surface area contributed by atoms with E-state index in [4.69, 9.17) is 5.73 Å². The molecule has 0 bridgehead atoms. The normalized spacial score (nSPS) is 21.8. The standard InChI is InChI=1S/C13H28N2/c1-5-15(11(2)3)13(4,10-14)9-12-7-6-8-12/h11-12H,5-10,14H2,1-4H3. The fourth-order valence-electron chi connectivity index (χ4n) is 3.01. The van der Waals surface area contributed by atoms with Gasteiger partial charge in [0.1, 0.15) is 0 Å². The van der Waals surface area contributed by atoms with Crippen molar-refractivity contribution < 1.29 is 0 Å². The Kier molecular flexibility index (Phi) is 4.60. The minimum Gasteiger partial charge on any atom is -0.329 e. The predicted molar refractivity (Wildman–Crippen MR) is 66.9 cm³/mol. The van der Waals surface area contributed by atoms with Crippen molar-refractivity contribution in [2.24, 2.45) is 11.7 Å². The first-order valence-corrected chi connectivity index (χ1v) is 6.50. The lowest BCUT2D eigenvalue weighted by atomic mass is 9.75. The molecule has 0 aliphatic heterocycles. The Hall–Kier alpha value is -0.0800. The topological polar surface area (TPSA) is 29.3 Å². The van der Waals surface area contributed by atoms with Crippen LogP contribution in [0.3, 0.4) is 0 Å². The van der Waals surface area contributed by atoms with Gasteiger partial charge in [-0.3, -0.25) is 4.90 Å². The average molecular weight is 212 g/mol. The summed E-state index contributed by atoms with van der Waals surface area (Å²) in [5.74, 6) is 0.936. The summed E-state index contributed by atoms with van der Waals surface area (Å²) >= 11 is 0. The zero-order chi connectivity index (χ0) is 11.5. The SMILES string of the molecule is CCN(C(C)C)C(C)(CN)CC1CCC1. The minimum atomic E-state index is 0.216. The van der Waals surface area contributed by atoms with Crippen molar-refractivity contribution in [3.05, 3.63) is 0 Å². The van der Waals surface area contributed by atoms with Gasteiger partial charge in [-0.05, 0) is 39.7 Å². The minimum absolute atomic E-state index is 0.216. The molecule has 0 aromatic rings. The fourth-order valence-corrected chi connectivity index (χ4v) is 3.01. The van der Waals surface area contributed by atoms with Crippen molar-refractivity contribution in [1.29, 1.82) is 0 Å². The number of likely N-dealkylation sites (N-methyl/N-ethyl adjacent to an activating group) is 1. The quantitative estimate of drug-likeness (QED) is 0.733. The summed E-state index contributed by atoms with van der Waals surface area (Å²) in [6.45, 7) is 11.0. The lowest BCUT2D eigenvalue weighted by Gasteiger charge is -2.46. The molecule has 1 unspecified atom stereocenters. The Balaban J connectivity index is 2.62. The van der Waals surface area contributed by atoms with Crippen LogP contribution in [0.4, 0.5) is 0 Å². The molecule has 1 saturated carbocycles. The smallest absolute Gasteiger partial charge is 0.0308 e. The first-order valence-electron chi connectivity index (χ1n) is 6.50. The summed E-state index contributed by atoms with van der Waals surface area (Å²) in [6, 6.07) is 0.601. The lowest BCUT2D eigenvalue weighted by Crippen LogP contribution is -2.55. The highest BCUT2D eigenvalue weighted by Crippen LogP contribution is 2.36. The second-order valence-corrected chi connectivity index (χ2v) is 5.58. The third-order valence-electron chi connectivity index (χ3n) is 4.05. The Labute approximate surface area is 95.2 Å². The summed E-state index contributed by atoms with van der Waals surface area (Å²) < 4.78 is 0. The van der Waals surface area contributed by atoms with Gasteiger partial charge in [-0.2, -0.15) is 0 Å². The number of nitrogens with zero attached hydrogens (tertiary/aromatic N) is 1. The monoisotopic (exact) mass is 212 g/mol. The van der Waals surface area contributed by atoms with Crippen LogP contribution in [-0.2, 0) is 0 Å². The zero-order valence-corrected chi connectivity index (χ0v) is 10.9. The third kappa shape index (κ3) is 2.94. The van der Waals surface area contributed by atoms with E-state index in [1.165, 1.54) is 25.7 Å². The van der Waals surface area contributed by atoms with Gasteiger partial charge >= 0.3 is 0 Å². The van der Waals surface area contributed by atoms with E-state index in [2.05, 4.69) is 32.6 Å². The van der Waals surface area contributed by atoms with Crippen LogP contribution in [-0.4, -0.2) is 29.6 Å². The maximum Gasteiger partial charge on any atom is 0.0308 e. The molecule has 0 aromatic carbocycles. The van der Waals surface area contributed by atoms with Gasteiger partial charge in [-0.15, -0.1) is 0 Å². The van der Waals surface area contributed by atoms with Gasteiger partial charge in [-0.1, -0.05) is 26.2 Å². The molecule has 0 heterocycles. The first-order chi connectivity index (χ1) is 7.03. The molecule has 2 heteroatoms. The molecule has 1 fully saturated rings. The van der Waals surface area contributed by atoms with Crippen molar-refractivity contribution in [2.75, 3.05) is 13.1 Å². The molecule has 0 spiro atoms. The van der Waals surface area contributed by atoms with Crippen LogP contribution in [0.5, 0.6) is 0 Å². The molecule has 1 aliphatic carbocycles. The largest absolute Gasteiger partial charge is 0.329 e. The Morgan fingerprint density at radius 1 is 1.40 bits per heavy atom. The van der Waals surface area contributed by atoms with Gasteiger partial charge in [0.05, 0.1) is 0 Å². The van der Waals surface area contributed by atoms with E-state index in [0.717, 1.165) is 19.0 Å². The molecule has 0 radical (unpaired) electrons. The van der Waals surface area contributed by atoms with E-state index in [0.29, 0.717) is 6.04 Å². The highest BCUT2D eigenvalue weighted by molar-refractivity contribution is 4.92. The number of hydrogen-bond donors (Lipinski definition) is 1. The maximum atomic E-state index is 6.01. The molecule has 0 aromatic heterocycles. The average Bonchev–Trinajstić information content (AvgIpc) is 2.12. The lowest BCUT2D eigenvalue weighted by molar-refractivity contribution is 0.0468. The van der Waals surface area contributed by atoms with Crippen LogP contribution in [0, 0.1) is 5.92 Å². The van der Waals surface area contributed by atoms with Crippen LogP contribution in [0.2, 0.25) is 0 Å². The van der Waals surface area contributed by atoms with Gasteiger partial charge < -0.3 is 5.73 Å². The van der Waals surface area contributed by atoms with E-state index in [1.54, 1.807) is 0 Å². The molecule has 2 N–H and O–H groups in total. The molecule has 0 amide bonds. The molecule has 2 nitrogen and oxygen atoms in total. The van der Waals surface area contributed by atoms with Gasteiger partial charge in [0, 0.05) is 18.1 Å². The van der Waals surface area contributed by atoms with Crippen LogP contribution < -0.4 is 5.73 Å². The molecule has 15 heavy (non-hydrogen) atoms. The molecule has 1 aliphatic rings. The molecular weight excluding hydrogens is 184 g/mol. The zero-order valence-electron chi connectivity index (χ0n) is 10.9. The van der Waals surface area contributed by atoms with E-state index in [9.17, 15) is 0 Å². The summed E-state index contributed by atoms with van der Waals surface area (Å²) in [7, 11) is 0. The van der Waals surface area contributed by atoms with Gasteiger partial charge in [0.2, 0.25) is 0 Å². The first kappa shape index (κ1) is 13.0. The van der Waals surface area contributed by atoms with Gasteiger partial charge in [0.15, 0.2) is 0 Å². The van der Waals surface area contributed by atoms with Crippen LogP contribution in [0.25, 0.3) is 0 Å². The summed E-state index contributed by atoms with van der Waals surface area (Å²) in [5.41, 5.74) is 6.22. The van der Waals surface area contributed by atoms with E-state index in [1.807, 2.05) is 0 Å². The summed E-state index contributed by atoms with van der Waals surface area (Å²) in [4.78, 5) is 2.56. The van der Waals surface area contributed by atoms with E-state index >= 15 is 0 Å². The Morgan fingerprint density at radius 3 is 2.27 bits per heavy atom. The maximum absolute atomic E-state index is 6.01. The van der Waals surface area contributed by atoms with Crippen molar-refractivity contribution in [1.82, 2.24) is 4.90 Å². The van der Waals surface area contributed by atoms with Gasteiger partial charge in [-0.25, -0.2) is 0 Å². The molecule has 1 rings (SSSR count). The van der Waals surface area contributed by atoms with E-state index in [-0.39, 0.29) is 5.54 Å². The van der Waals surface area contributed by atoms with Crippen LogP contribution >= 0.6 is 0 Å². The molecule has 90 valence electrons. The second-order valence-electron chi connectivity index (χ2n) is 5.58. The highest BCUT2D eigenvalue weighted by atomic mass is 15.2. The summed E-state index contributed by atoms with van der Waals surface area (Å²) in [5, 5.41) is 0. The fraction of sp³-hybridized carbons (Fsp3) is 1.00. The Morgan fingerprint density at radius 2 is 2.00 bits per heavy atom. The molecule has 0 saturated heterocycles. The van der Waals surface area contributed by atoms with E-state index < -0.39 is 0 Å². The summed E-state index contributed by atoms with van der Waals surface area (Å²) in [6.07, 6.45) is 5.56. The number of nitrogens with two attached hydrogens (primary N) is 1. The highest BCUT2D eigenvalue weighted by Gasteiger charge is 2.35. The van der Waals surface area contributed by atoms with Crippen molar-refractivity contribution in [3.8, 4) is 0 Å². The van der Waals surface area contributed by atoms with Crippen LogP contribution in [0.1, 0.15) is 53.4 Å².